The Morgan fingerprint density at radius 3 is 3.12 bits per heavy atom. The minimum Gasteiger partial charge on any atom is -0.341 e. The van der Waals surface area contributed by atoms with Crippen LogP contribution >= 0.6 is 11.9 Å². The molecule has 2 heterocycles. The van der Waals surface area contributed by atoms with Crippen LogP contribution in [0, 0.1) is 5.92 Å². The van der Waals surface area contributed by atoms with Crippen LogP contribution in [0.25, 0.3) is 0 Å². The van der Waals surface area contributed by atoms with Crippen molar-refractivity contribution in [3.8, 4) is 0 Å². The van der Waals surface area contributed by atoms with Crippen molar-refractivity contribution in [1.29, 1.82) is 0 Å². The van der Waals surface area contributed by atoms with Crippen LogP contribution in [-0.4, -0.2) is 29.9 Å². The number of allylic oxidation sites excluding steroid dienone is 2. The van der Waals surface area contributed by atoms with Gasteiger partial charge >= 0.3 is 0 Å². The summed E-state index contributed by atoms with van der Waals surface area (Å²) in [4.78, 5) is 13.9. The van der Waals surface area contributed by atoms with Crippen LogP contribution in [0.4, 0.5) is 0 Å². The summed E-state index contributed by atoms with van der Waals surface area (Å²) in [6.45, 7) is 2.81. The molecular formula is C11H17N3OS. The molecule has 88 valence electrons. The minimum absolute atomic E-state index is 0.0194. The second-order valence-electron chi connectivity index (χ2n) is 4.20. The number of piperidine rings is 1. The normalized spacial score (nSPS) is 34.2. The molecule has 0 saturated carbocycles. The molecule has 1 amide bonds. The van der Waals surface area contributed by atoms with Crippen LogP contribution in [0.2, 0.25) is 0 Å². The predicted octanol–water partition coefficient (Wildman–Crippen LogP) is 0.830. The topological polar surface area (TPSA) is 58.4 Å². The number of carbonyl (C=O) groups excluding carboxylic acids is 1. The van der Waals surface area contributed by atoms with Gasteiger partial charge in [0.1, 0.15) is 0 Å². The zero-order chi connectivity index (χ0) is 11.5. The van der Waals surface area contributed by atoms with Crippen molar-refractivity contribution in [3.63, 3.8) is 0 Å². The summed E-state index contributed by atoms with van der Waals surface area (Å²) >= 11 is 1.62. The van der Waals surface area contributed by atoms with E-state index < -0.39 is 0 Å². The van der Waals surface area contributed by atoms with E-state index in [9.17, 15) is 4.79 Å². The molecule has 0 aromatic rings. The first kappa shape index (κ1) is 11.5. The van der Waals surface area contributed by atoms with Crippen molar-refractivity contribution in [2.24, 2.45) is 11.7 Å². The van der Waals surface area contributed by atoms with Gasteiger partial charge in [0.15, 0.2) is 0 Å². The predicted molar refractivity (Wildman–Crippen MR) is 66.3 cm³/mol. The molecule has 2 aliphatic rings. The highest BCUT2D eigenvalue weighted by Gasteiger charge is 2.34. The number of hydrogen-bond acceptors (Lipinski definition) is 4. The lowest BCUT2D eigenvalue weighted by molar-refractivity contribution is -0.121. The average Bonchev–Trinajstić information content (AvgIpc) is 2.34. The molecule has 0 aromatic heterocycles. The van der Waals surface area contributed by atoms with Gasteiger partial charge in [0.05, 0.1) is 0 Å². The quantitative estimate of drug-likeness (QED) is 0.553. The molecule has 1 unspecified atom stereocenters. The minimum atomic E-state index is 0.0194. The number of nitrogens with zero attached hydrogens (tertiary/aromatic N) is 1. The van der Waals surface area contributed by atoms with E-state index in [0.29, 0.717) is 5.92 Å². The average molecular weight is 239 g/mol. The Balaban J connectivity index is 2.10. The number of amides is 1. The van der Waals surface area contributed by atoms with Gasteiger partial charge in [-0.3, -0.25) is 4.79 Å². The van der Waals surface area contributed by atoms with Crippen LogP contribution in [0.15, 0.2) is 23.3 Å². The van der Waals surface area contributed by atoms with E-state index in [1.54, 1.807) is 16.8 Å². The molecule has 2 rings (SSSR count). The standard InChI is InChI=1S/C11H17N3OS/c1-8-11(12)9(4-6-14(8)7-15)10-3-2-5-13-16-10/h2-3,5,7-9,11,13H,4,6,12H2,1H3/t8-,9?,11-/m0/s1. The molecule has 5 heteroatoms. The lowest BCUT2D eigenvalue weighted by Crippen LogP contribution is -2.54. The van der Waals surface area contributed by atoms with E-state index in [-0.39, 0.29) is 12.1 Å². The zero-order valence-corrected chi connectivity index (χ0v) is 10.1. The zero-order valence-electron chi connectivity index (χ0n) is 9.30. The fourth-order valence-electron chi connectivity index (χ4n) is 2.24. The van der Waals surface area contributed by atoms with Gasteiger partial charge in [-0.2, -0.15) is 0 Å². The molecule has 2 aliphatic heterocycles. The van der Waals surface area contributed by atoms with Crippen LogP contribution in [0.5, 0.6) is 0 Å². The van der Waals surface area contributed by atoms with Crippen molar-refractivity contribution in [1.82, 2.24) is 9.62 Å². The van der Waals surface area contributed by atoms with E-state index in [1.807, 2.05) is 19.2 Å². The molecule has 1 saturated heterocycles. The third-order valence-corrected chi connectivity index (χ3v) is 4.27. The second kappa shape index (κ2) is 4.93. The molecule has 0 radical (unpaired) electrons. The van der Waals surface area contributed by atoms with E-state index in [0.717, 1.165) is 19.4 Å². The van der Waals surface area contributed by atoms with E-state index in [2.05, 4.69) is 10.8 Å². The summed E-state index contributed by atoms with van der Waals surface area (Å²) < 4.78 is 3.12. The van der Waals surface area contributed by atoms with Crippen molar-refractivity contribution >= 4 is 18.4 Å². The number of nitrogens with one attached hydrogen (secondary N) is 1. The monoisotopic (exact) mass is 239 g/mol. The van der Waals surface area contributed by atoms with Gasteiger partial charge in [0.2, 0.25) is 6.41 Å². The van der Waals surface area contributed by atoms with Gasteiger partial charge in [-0.05, 0) is 37.4 Å². The molecule has 4 nitrogen and oxygen atoms in total. The highest BCUT2D eigenvalue weighted by atomic mass is 32.2. The van der Waals surface area contributed by atoms with Gasteiger partial charge in [-0.25, -0.2) is 0 Å². The van der Waals surface area contributed by atoms with Crippen LogP contribution in [0.1, 0.15) is 13.3 Å². The van der Waals surface area contributed by atoms with Gasteiger partial charge in [0.25, 0.3) is 0 Å². The Kier molecular flexibility index (Phi) is 3.56. The number of likely N-dealkylation sites (tertiary alicyclic amines) is 1. The highest BCUT2D eigenvalue weighted by Crippen LogP contribution is 2.33. The molecule has 0 spiro atoms. The first-order chi connectivity index (χ1) is 7.74. The Bertz CT molecular complexity index is 329. The smallest absolute Gasteiger partial charge is 0.209 e. The highest BCUT2D eigenvalue weighted by molar-refractivity contribution is 8.01. The second-order valence-corrected chi connectivity index (χ2v) is 5.12. The Labute approximate surface area is 100 Å². The summed E-state index contributed by atoms with van der Waals surface area (Å²) in [6.07, 6.45) is 7.86. The number of nitrogens with two attached hydrogens (primary N) is 1. The number of hydrogen-bond donors (Lipinski definition) is 2. The van der Waals surface area contributed by atoms with Crippen molar-refractivity contribution < 1.29 is 4.79 Å². The third kappa shape index (κ3) is 2.10. The lowest BCUT2D eigenvalue weighted by Gasteiger charge is -2.41. The largest absolute Gasteiger partial charge is 0.341 e. The summed E-state index contributed by atoms with van der Waals surface area (Å²) in [5, 5.41) is 0. The Hall–Kier alpha value is -0.940. The Morgan fingerprint density at radius 1 is 1.69 bits per heavy atom. The molecule has 16 heavy (non-hydrogen) atoms. The first-order valence-corrected chi connectivity index (χ1v) is 6.31. The van der Waals surface area contributed by atoms with E-state index in [4.69, 9.17) is 5.73 Å². The fraction of sp³-hybridized carbons (Fsp3) is 0.545. The molecule has 0 bridgehead atoms. The van der Waals surface area contributed by atoms with Gasteiger partial charge in [-0.1, -0.05) is 0 Å². The van der Waals surface area contributed by atoms with E-state index >= 15 is 0 Å². The van der Waals surface area contributed by atoms with Crippen molar-refractivity contribution in [3.05, 3.63) is 23.3 Å². The maximum Gasteiger partial charge on any atom is 0.209 e. The fourth-order valence-corrected chi connectivity index (χ4v) is 3.10. The molecule has 3 N–H and O–H groups in total. The van der Waals surface area contributed by atoms with Crippen molar-refractivity contribution in [2.75, 3.05) is 6.54 Å². The van der Waals surface area contributed by atoms with Crippen LogP contribution in [0.3, 0.4) is 0 Å². The molecule has 3 atom stereocenters. The van der Waals surface area contributed by atoms with Crippen LogP contribution < -0.4 is 10.5 Å². The molecule has 1 fully saturated rings. The van der Waals surface area contributed by atoms with Gasteiger partial charge in [0, 0.05) is 35.7 Å². The maximum absolute atomic E-state index is 10.8. The molecule has 0 aliphatic carbocycles. The van der Waals surface area contributed by atoms with E-state index in [1.165, 1.54) is 4.91 Å². The first-order valence-electron chi connectivity index (χ1n) is 5.49. The van der Waals surface area contributed by atoms with Crippen molar-refractivity contribution in [2.45, 2.75) is 25.4 Å². The lowest BCUT2D eigenvalue weighted by atomic mass is 9.86. The Morgan fingerprint density at radius 2 is 2.50 bits per heavy atom. The van der Waals surface area contributed by atoms with Crippen LogP contribution in [-0.2, 0) is 4.79 Å². The summed E-state index contributed by atoms with van der Waals surface area (Å²) in [5.41, 5.74) is 6.21. The summed E-state index contributed by atoms with van der Waals surface area (Å²) in [7, 11) is 0. The number of rotatable bonds is 2. The SMILES string of the molecule is C[C@H]1[C@H](N)C(C2=CC=CNS2)CCN1C=O. The van der Waals surface area contributed by atoms with Gasteiger partial charge in [-0.15, -0.1) is 0 Å². The summed E-state index contributed by atoms with van der Waals surface area (Å²) in [6, 6.07) is 0.134. The van der Waals surface area contributed by atoms with Gasteiger partial charge < -0.3 is 15.4 Å². The third-order valence-electron chi connectivity index (χ3n) is 3.35. The maximum atomic E-state index is 10.8. The number of carbonyl (C=O) groups is 1. The molecular weight excluding hydrogens is 222 g/mol. The molecule has 0 aromatic carbocycles. The summed E-state index contributed by atoms with van der Waals surface area (Å²) in [5.74, 6) is 0.355.